The molecule has 0 aliphatic heterocycles. The molecule has 6 heteroatoms. The van der Waals surface area contributed by atoms with Gasteiger partial charge in [0.05, 0.1) is 34.0 Å². The Bertz CT molecular complexity index is 799. The summed E-state index contributed by atoms with van der Waals surface area (Å²) < 4.78 is 34.3. The minimum Gasteiger partial charge on any atom is -0.494 e. The van der Waals surface area contributed by atoms with Crippen molar-refractivity contribution in [3.05, 3.63) is 53.4 Å². The molecule has 132 valence electrons. The maximum atomic E-state index is 13.7. The Morgan fingerprint density at radius 1 is 0.880 bits per heavy atom. The van der Waals surface area contributed by atoms with Gasteiger partial charge in [0.15, 0.2) is 28.8 Å². The van der Waals surface area contributed by atoms with Crippen LogP contribution in [0.5, 0.6) is 23.0 Å². The van der Waals surface area contributed by atoms with Crippen LogP contribution in [0.4, 0.5) is 4.39 Å². The van der Waals surface area contributed by atoms with Crippen LogP contribution in [-0.4, -0.2) is 34.2 Å². The zero-order valence-electron chi connectivity index (χ0n) is 14.5. The highest BCUT2D eigenvalue weighted by Gasteiger charge is 2.19. The Kier molecular flexibility index (Phi) is 6.00. The van der Waals surface area contributed by atoms with E-state index < -0.39 is 5.82 Å². The first-order valence-electron chi connectivity index (χ1n) is 7.40. The van der Waals surface area contributed by atoms with Crippen molar-refractivity contribution in [2.45, 2.75) is 0 Å². The fourth-order valence-electron chi connectivity index (χ4n) is 2.34. The first-order valence-corrected chi connectivity index (χ1v) is 7.40. The Labute approximate surface area is 145 Å². The van der Waals surface area contributed by atoms with Gasteiger partial charge in [-0.2, -0.15) is 0 Å². The molecule has 0 spiro atoms. The monoisotopic (exact) mass is 346 g/mol. The third-order valence-electron chi connectivity index (χ3n) is 3.57. The standard InChI is InChI=1S/C19H19FO5/c1-22-16-9-6-12(11-14(16)20)5-8-15(21)13-7-10-17(23-2)19(25-4)18(13)24-3/h5-11H,1-4H3. The number of rotatable bonds is 7. The van der Waals surface area contributed by atoms with E-state index in [4.69, 9.17) is 18.9 Å². The van der Waals surface area contributed by atoms with Gasteiger partial charge in [0.25, 0.3) is 0 Å². The fraction of sp³-hybridized carbons (Fsp3) is 0.211. The lowest BCUT2D eigenvalue weighted by Gasteiger charge is -2.14. The molecule has 2 aromatic rings. The maximum Gasteiger partial charge on any atom is 0.204 e. The number of allylic oxidation sites excluding steroid dienone is 1. The molecule has 0 heterocycles. The number of methoxy groups -OCH3 is 4. The number of hydrogen-bond acceptors (Lipinski definition) is 5. The lowest BCUT2D eigenvalue weighted by Crippen LogP contribution is -2.02. The third kappa shape index (κ3) is 3.91. The molecule has 0 N–H and O–H groups in total. The van der Waals surface area contributed by atoms with Crippen LogP contribution >= 0.6 is 0 Å². The molecule has 0 saturated heterocycles. The van der Waals surface area contributed by atoms with Crippen molar-refractivity contribution >= 4 is 11.9 Å². The Morgan fingerprint density at radius 3 is 2.08 bits per heavy atom. The molecule has 2 rings (SSSR count). The second-order valence-electron chi connectivity index (χ2n) is 4.97. The third-order valence-corrected chi connectivity index (χ3v) is 3.57. The zero-order chi connectivity index (χ0) is 18.4. The van der Waals surface area contributed by atoms with Gasteiger partial charge in [0.1, 0.15) is 0 Å². The summed E-state index contributed by atoms with van der Waals surface area (Å²) in [7, 11) is 5.79. The van der Waals surface area contributed by atoms with Crippen LogP contribution in [0.15, 0.2) is 36.4 Å². The van der Waals surface area contributed by atoms with Crippen molar-refractivity contribution in [3.8, 4) is 23.0 Å². The van der Waals surface area contributed by atoms with E-state index in [1.54, 1.807) is 18.2 Å². The predicted octanol–water partition coefficient (Wildman–Crippen LogP) is 3.76. The predicted molar refractivity (Wildman–Crippen MR) is 92.4 cm³/mol. The van der Waals surface area contributed by atoms with Gasteiger partial charge < -0.3 is 18.9 Å². The van der Waals surface area contributed by atoms with Crippen LogP contribution in [-0.2, 0) is 0 Å². The van der Waals surface area contributed by atoms with E-state index in [0.717, 1.165) is 0 Å². The van der Waals surface area contributed by atoms with Crippen molar-refractivity contribution in [3.63, 3.8) is 0 Å². The van der Waals surface area contributed by atoms with Gasteiger partial charge in [-0.05, 0) is 35.9 Å². The molecule has 0 atom stereocenters. The molecule has 0 fully saturated rings. The first kappa shape index (κ1) is 18.3. The van der Waals surface area contributed by atoms with Crippen LogP contribution in [0.25, 0.3) is 6.08 Å². The number of benzene rings is 2. The molecule has 0 aliphatic rings. The normalized spacial score (nSPS) is 10.6. The van der Waals surface area contributed by atoms with Gasteiger partial charge >= 0.3 is 0 Å². The summed E-state index contributed by atoms with van der Waals surface area (Å²) in [4.78, 5) is 12.5. The summed E-state index contributed by atoms with van der Waals surface area (Å²) >= 11 is 0. The second-order valence-corrected chi connectivity index (χ2v) is 4.97. The van der Waals surface area contributed by atoms with Crippen molar-refractivity contribution in [2.24, 2.45) is 0 Å². The van der Waals surface area contributed by atoms with Crippen LogP contribution in [0, 0.1) is 5.82 Å². The van der Waals surface area contributed by atoms with Gasteiger partial charge in [0, 0.05) is 0 Å². The zero-order valence-corrected chi connectivity index (χ0v) is 14.5. The highest BCUT2D eigenvalue weighted by atomic mass is 19.1. The highest BCUT2D eigenvalue weighted by Crippen LogP contribution is 2.40. The number of hydrogen-bond donors (Lipinski definition) is 0. The van der Waals surface area contributed by atoms with Crippen LogP contribution in [0.3, 0.4) is 0 Å². The smallest absolute Gasteiger partial charge is 0.204 e. The summed E-state index contributed by atoms with van der Waals surface area (Å²) in [6, 6.07) is 7.64. The van der Waals surface area contributed by atoms with E-state index in [2.05, 4.69) is 0 Å². The second kappa shape index (κ2) is 8.19. The molecule has 0 unspecified atom stereocenters. The quantitative estimate of drug-likeness (QED) is 0.564. The van der Waals surface area contributed by atoms with Crippen molar-refractivity contribution in [1.82, 2.24) is 0 Å². The molecule has 25 heavy (non-hydrogen) atoms. The van der Waals surface area contributed by atoms with E-state index in [1.165, 1.54) is 52.7 Å². The maximum absolute atomic E-state index is 13.7. The molecule has 0 aromatic heterocycles. The molecule has 0 bridgehead atoms. The Morgan fingerprint density at radius 2 is 1.52 bits per heavy atom. The van der Waals surface area contributed by atoms with E-state index in [0.29, 0.717) is 22.6 Å². The molecular weight excluding hydrogens is 327 g/mol. The average Bonchev–Trinajstić information content (AvgIpc) is 2.64. The van der Waals surface area contributed by atoms with Gasteiger partial charge in [-0.1, -0.05) is 12.1 Å². The first-order chi connectivity index (χ1) is 12.0. The van der Waals surface area contributed by atoms with E-state index in [-0.39, 0.29) is 17.3 Å². The Hall–Kier alpha value is -3.02. The lowest BCUT2D eigenvalue weighted by molar-refractivity contribution is 0.104. The van der Waals surface area contributed by atoms with Gasteiger partial charge in [0.2, 0.25) is 5.75 Å². The van der Waals surface area contributed by atoms with Gasteiger partial charge in [-0.15, -0.1) is 0 Å². The molecule has 0 saturated carbocycles. The molecule has 2 aromatic carbocycles. The number of carbonyl (C=O) groups is 1. The number of ketones is 1. The van der Waals surface area contributed by atoms with Crippen LogP contribution in [0.2, 0.25) is 0 Å². The summed E-state index contributed by atoms with van der Waals surface area (Å²) in [5.41, 5.74) is 0.844. The topological polar surface area (TPSA) is 54.0 Å². The average molecular weight is 346 g/mol. The van der Waals surface area contributed by atoms with E-state index in [1.807, 2.05) is 0 Å². The molecule has 5 nitrogen and oxygen atoms in total. The molecule has 0 radical (unpaired) electrons. The van der Waals surface area contributed by atoms with Crippen molar-refractivity contribution in [2.75, 3.05) is 28.4 Å². The van der Waals surface area contributed by atoms with Crippen molar-refractivity contribution < 1.29 is 28.1 Å². The van der Waals surface area contributed by atoms with Crippen molar-refractivity contribution in [1.29, 1.82) is 0 Å². The minimum atomic E-state index is -0.499. The summed E-state index contributed by atoms with van der Waals surface area (Å²) in [6.07, 6.45) is 2.85. The summed E-state index contributed by atoms with van der Waals surface area (Å²) in [5.74, 6) is 0.397. The number of carbonyl (C=O) groups excluding carboxylic acids is 1. The van der Waals surface area contributed by atoms with E-state index in [9.17, 15) is 9.18 Å². The van der Waals surface area contributed by atoms with Crippen LogP contribution < -0.4 is 18.9 Å². The summed E-state index contributed by atoms with van der Waals surface area (Å²) in [5, 5.41) is 0. The van der Waals surface area contributed by atoms with E-state index >= 15 is 0 Å². The highest BCUT2D eigenvalue weighted by molar-refractivity contribution is 6.09. The molecule has 0 amide bonds. The minimum absolute atomic E-state index is 0.144. The van der Waals surface area contributed by atoms with Gasteiger partial charge in [-0.25, -0.2) is 4.39 Å². The number of halogens is 1. The number of ether oxygens (including phenoxy) is 4. The largest absolute Gasteiger partial charge is 0.494 e. The lowest BCUT2D eigenvalue weighted by atomic mass is 10.1. The summed E-state index contributed by atoms with van der Waals surface area (Å²) in [6.45, 7) is 0. The Balaban J connectivity index is 2.33. The molecular formula is C19H19FO5. The fourth-order valence-corrected chi connectivity index (χ4v) is 2.34. The SMILES string of the molecule is COc1ccc(C=CC(=O)c2ccc(OC)c(OC)c2OC)cc1F. The van der Waals surface area contributed by atoms with Gasteiger partial charge in [-0.3, -0.25) is 4.79 Å². The van der Waals surface area contributed by atoms with Crippen LogP contribution in [0.1, 0.15) is 15.9 Å². The molecule has 0 aliphatic carbocycles.